The summed E-state index contributed by atoms with van der Waals surface area (Å²) in [4.78, 5) is 0. The molecule has 0 aromatic heterocycles. The SMILES string of the molecule is CC(C)(C)[Si](C)(C)O[C@H]1CC[C@@]2(C)C(=C[C@](C)(O)[C@H]3[C@@H]4CC[C@H](O[Si](C)(C)C(C)(C)C)[C@@]4(C)CC[C@@H]32)C1. The van der Waals surface area contributed by atoms with Crippen LogP contribution >= 0.6 is 0 Å². The van der Waals surface area contributed by atoms with Crippen LogP contribution < -0.4 is 0 Å². The lowest BCUT2D eigenvalue weighted by atomic mass is 9.45. The van der Waals surface area contributed by atoms with Crippen molar-refractivity contribution in [2.24, 2.45) is 28.6 Å². The molecule has 0 saturated heterocycles. The van der Waals surface area contributed by atoms with Gasteiger partial charge in [0.1, 0.15) is 0 Å². The van der Waals surface area contributed by atoms with E-state index in [9.17, 15) is 5.11 Å². The second kappa shape index (κ2) is 9.03. The molecule has 0 aromatic rings. The van der Waals surface area contributed by atoms with Crippen LogP contribution in [0.15, 0.2) is 11.6 Å². The van der Waals surface area contributed by atoms with Crippen molar-refractivity contribution < 1.29 is 14.0 Å². The molecule has 0 radical (unpaired) electrons. The highest BCUT2D eigenvalue weighted by molar-refractivity contribution is 6.74. The Morgan fingerprint density at radius 3 is 1.92 bits per heavy atom. The Hall–Kier alpha value is 0.0538. The van der Waals surface area contributed by atoms with Crippen LogP contribution in [-0.2, 0) is 8.85 Å². The highest BCUT2D eigenvalue weighted by atomic mass is 28.4. The van der Waals surface area contributed by atoms with Crippen molar-refractivity contribution in [1.82, 2.24) is 0 Å². The van der Waals surface area contributed by atoms with Crippen LogP contribution in [0.25, 0.3) is 0 Å². The monoisotopic (exact) mass is 548 g/mol. The van der Waals surface area contributed by atoms with Gasteiger partial charge in [-0.2, -0.15) is 0 Å². The lowest BCUT2D eigenvalue weighted by molar-refractivity contribution is -0.136. The first-order chi connectivity index (χ1) is 16.6. The lowest BCUT2D eigenvalue weighted by Crippen LogP contribution is -2.60. The first kappa shape index (κ1) is 30.0. The van der Waals surface area contributed by atoms with Crippen LogP contribution in [0.2, 0.25) is 36.3 Å². The molecule has 0 spiro atoms. The molecule has 214 valence electrons. The highest BCUT2D eigenvalue weighted by Crippen LogP contribution is 2.67. The van der Waals surface area contributed by atoms with Crippen LogP contribution in [0.4, 0.5) is 0 Å². The maximum absolute atomic E-state index is 12.1. The maximum Gasteiger partial charge on any atom is 0.192 e. The Morgan fingerprint density at radius 2 is 1.35 bits per heavy atom. The second-order valence-electron chi connectivity index (χ2n) is 17.3. The molecule has 3 nitrogen and oxygen atoms in total. The van der Waals surface area contributed by atoms with E-state index in [1.807, 2.05) is 0 Å². The third-order valence-electron chi connectivity index (χ3n) is 12.8. The summed E-state index contributed by atoms with van der Waals surface area (Å²) >= 11 is 0. The predicted octanol–water partition coefficient (Wildman–Crippen LogP) is 9.09. The zero-order valence-electron chi connectivity index (χ0n) is 26.7. The minimum absolute atomic E-state index is 0.172. The quantitative estimate of drug-likeness (QED) is 0.281. The Kier molecular flexibility index (Phi) is 7.32. The minimum Gasteiger partial charge on any atom is -0.414 e. The molecular formula is C32H60O3Si2. The number of aliphatic hydroxyl groups is 1. The molecule has 0 amide bonds. The van der Waals surface area contributed by atoms with E-state index in [1.165, 1.54) is 31.3 Å². The van der Waals surface area contributed by atoms with E-state index in [0.29, 0.717) is 30.0 Å². The zero-order chi connectivity index (χ0) is 28.0. The van der Waals surface area contributed by atoms with Gasteiger partial charge in [0.05, 0.1) is 11.7 Å². The Balaban J connectivity index is 1.60. The van der Waals surface area contributed by atoms with Crippen molar-refractivity contribution in [3.63, 3.8) is 0 Å². The maximum atomic E-state index is 12.1. The van der Waals surface area contributed by atoms with E-state index < -0.39 is 22.2 Å². The summed E-state index contributed by atoms with van der Waals surface area (Å²) in [5, 5.41) is 12.6. The van der Waals surface area contributed by atoms with E-state index in [2.05, 4.69) is 94.6 Å². The van der Waals surface area contributed by atoms with Gasteiger partial charge >= 0.3 is 0 Å². The van der Waals surface area contributed by atoms with Gasteiger partial charge in [0.15, 0.2) is 16.6 Å². The fourth-order valence-electron chi connectivity index (χ4n) is 8.34. The molecule has 37 heavy (non-hydrogen) atoms. The molecule has 0 heterocycles. The molecule has 0 unspecified atom stereocenters. The number of hydrogen-bond donors (Lipinski definition) is 1. The summed E-state index contributed by atoms with van der Waals surface area (Å²) in [5.74, 6) is 1.42. The average Bonchev–Trinajstić information content (AvgIpc) is 3.02. The number of hydrogen-bond acceptors (Lipinski definition) is 3. The smallest absolute Gasteiger partial charge is 0.192 e. The summed E-state index contributed by atoms with van der Waals surface area (Å²) in [6.07, 6.45) is 11.1. The highest BCUT2D eigenvalue weighted by Gasteiger charge is 2.64. The molecule has 8 atom stereocenters. The van der Waals surface area contributed by atoms with Crippen molar-refractivity contribution in [3.8, 4) is 0 Å². The summed E-state index contributed by atoms with van der Waals surface area (Å²) in [5.41, 5.74) is 1.10. The summed E-state index contributed by atoms with van der Waals surface area (Å²) in [6.45, 7) is 30.8. The molecule has 4 aliphatic carbocycles. The van der Waals surface area contributed by atoms with Crippen molar-refractivity contribution in [1.29, 1.82) is 0 Å². The van der Waals surface area contributed by atoms with Crippen LogP contribution in [-0.4, -0.2) is 39.6 Å². The Morgan fingerprint density at radius 1 is 0.784 bits per heavy atom. The van der Waals surface area contributed by atoms with Crippen LogP contribution in [0.3, 0.4) is 0 Å². The number of fused-ring (bicyclic) bond motifs is 5. The first-order valence-electron chi connectivity index (χ1n) is 15.4. The third-order valence-corrected chi connectivity index (χ3v) is 21.8. The van der Waals surface area contributed by atoms with Gasteiger partial charge in [-0.25, -0.2) is 0 Å². The summed E-state index contributed by atoms with van der Waals surface area (Å²) in [7, 11) is -3.65. The van der Waals surface area contributed by atoms with E-state index in [0.717, 1.165) is 19.3 Å². The van der Waals surface area contributed by atoms with Crippen molar-refractivity contribution in [3.05, 3.63) is 11.6 Å². The van der Waals surface area contributed by atoms with Crippen molar-refractivity contribution in [2.75, 3.05) is 0 Å². The van der Waals surface area contributed by atoms with Crippen LogP contribution in [0, 0.1) is 28.6 Å². The zero-order valence-corrected chi connectivity index (χ0v) is 28.7. The van der Waals surface area contributed by atoms with Gasteiger partial charge < -0.3 is 14.0 Å². The van der Waals surface area contributed by atoms with Gasteiger partial charge in [0.2, 0.25) is 0 Å². The van der Waals surface area contributed by atoms with Gasteiger partial charge in [-0.15, -0.1) is 0 Å². The summed E-state index contributed by atoms with van der Waals surface area (Å²) < 4.78 is 14.1. The first-order valence-corrected chi connectivity index (χ1v) is 21.2. The predicted molar refractivity (Wildman–Crippen MR) is 162 cm³/mol. The molecule has 4 rings (SSSR count). The van der Waals surface area contributed by atoms with E-state index in [4.69, 9.17) is 8.85 Å². The molecule has 0 aromatic carbocycles. The Labute approximate surface area is 231 Å². The molecule has 0 bridgehead atoms. The molecular weight excluding hydrogens is 489 g/mol. The summed E-state index contributed by atoms with van der Waals surface area (Å²) in [6, 6.07) is 0. The second-order valence-corrected chi connectivity index (χ2v) is 26.8. The van der Waals surface area contributed by atoms with Gasteiger partial charge in [-0.3, -0.25) is 0 Å². The Bertz CT molecular complexity index is 908. The van der Waals surface area contributed by atoms with E-state index >= 15 is 0 Å². The number of rotatable bonds is 4. The lowest BCUT2D eigenvalue weighted by Gasteiger charge is -2.62. The molecule has 0 aliphatic heterocycles. The minimum atomic E-state index is -1.84. The fraction of sp³-hybridized carbons (Fsp3) is 0.938. The van der Waals surface area contributed by atoms with E-state index in [-0.39, 0.29) is 20.9 Å². The molecule has 1 N–H and O–H groups in total. The van der Waals surface area contributed by atoms with Crippen molar-refractivity contribution >= 4 is 16.6 Å². The third kappa shape index (κ3) is 4.93. The van der Waals surface area contributed by atoms with Gasteiger partial charge in [-0.1, -0.05) is 67.0 Å². The van der Waals surface area contributed by atoms with Crippen LogP contribution in [0.5, 0.6) is 0 Å². The van der Waals surface area contributed by atoms with Crippen LogP contribution in [0.1, 0.15) is 107 Å². The molecule has 3 saturated carbocycles. The van der Waals surface area contributed by atoms with Gasteiger partial charge in [0.25, 0.3) is 0 Å². The molecule has 4 aliphatic rings. The normalized spacial score (nSPS) is 43.1. The molecule has 5 heteroatoms. The van der Waals surface area contributed by atoms with E-state index in [1.54, 1.807) is 0 Å². The standard InChI is InChI=1S/C32H60O3Si2/c1-28(2,3)36(10,11)34-23-16-18-30(7)22(20-23)21-32(9,33)27-24-14-15-26(31(24,8)19-17-25(27)30)35-37(12,13)29(4,5)6/h21,23-27,33H,14-20H2,1-13H3/t23-,24-,25-,26-,27-,30-,31-,32-/m0/s1. The fourth-order valence-corrected chi connectivity index (χ4v) is 11.2. The molecule has 3 fully saturated rings. The van der Waals surface area contributed by atoms with Gasteiger partial charge in [0, 0.05) is 6.10 Å². The average molecular weight is 549 g/mol. The topological polar surface area (TPSA) is 38.7 Å². The van der Waals surface area contributed by atoms with Crippen molar-refractivity contribution in [2.45, 2.75) is 161 Å². The van der Waals surface area contributed by atoms with Gasteiger partial charge in [-0.05, 0) is 117 Å². The largest absolute Gasteiger partial charge is 0.414 e.